The molecule has 3 heterocycles. The molecule has 0 saturated carbocycles. The summed E-state index contributed by atoms with van der Waals surface area (Å²) in [5.41, 5.74) is 3.08. The molecule has 2 amide bonds. The van der Waals surface area contributed by atoms with Crippen molar-refractivity contribution >= 4 is 42.5 Å². The first-order valence-electron chi connectivity index (χ1n) is 10.5. The summed E-state index contributed by atoms with van der Waals surface area (Å²) in [6, 6.07) is 9.45. The first-order chi connectivity index (χ1) is 16.1. The number of pyridine rings is 1. The van der Waals surface area contributed by atoms with E-state index in [4.69, 9.17) is 4.42 Å². The number of amides is 2. The second-order valence-electron chi connectivity index (χ2n) is 7.95. The number of aryl methyl sites for hydroxylation is 2. The number of benzene rings is 1. The van der Waals surface area contributed by atoms with Crippen molar-refractivity contribution in [3.63, 3.8) is 0 Å². The van der Waals surface area contributed by atoms with Gasteiger partial charge in [-0.25, -0.2) is 4.98 Å². The molecule has 0 atom stereocenters. The Kier molecular flexibility index (Phi) is 6.67. The van der Waals surface area contributed by atoms with Gasteiger partial charge in [0.2, 0.25) is 11.8 Å². The van der Waals surface area contributed by atoms with Gasteiger partial charge in [0, 0.05) is 36.7 Å². The number of carbonyl (C=O) groups excluding carboxylic acids is 2. The lowest BCUT2D eigenvalue weighted by Crippen LogP contribution is -2.38. The van der Waals surface area contributed by atoms with Crippen LogP contribution in [0.3, 0.4) is 0 Å². The fraction of sp³-hybridized carbons (Fsp3) is 0.261. The van der Waals surface area contributed by atoms with E-state index in [0.717, 1.165) is 21.4 Å². The summed E-state index contributed by atoms with van der Waals surface area (Å²) >= 11 is 0. The van der Waals surface area contributed by atoms with Crippen molar-refractivity contribution in [1.29, 1.82) is 0 Å². The minimum atomic E-state index is -5.23. The molecule has 0 radical (unpaired) electrons. The van der Waals surface area contributed by atoms with Crippen LogP contribution in [0.4, 0.5) is 5.82 Å². The van der Waals surface area contributed by atoms with Gasteiger partial charge in [0.05, 0.1) is 14.4 Å². The Bertz CT molecular complexity index is 1330. The van der Waals surface area contributed by atoms with Crippen molar-refractivity contribution < 1.29 is 32.9 Å². The Morgan fingerprint density at radius 1 is 1.32 bits per heavy atom. The van der Waals surface area contributed by atoms with Crippen molar-refractivity contribution in [2.75, 3.05) is 18.7 Å². The van der Waals surface area contributed by atoms with E-state index in [2.05, 4.69) is 9.51 Å². The molecule has 10 nitrogen and oxygen atoms in total. The molecule has 0 saturated heterocycles. The number of carbonyl (C=O) groups is 2. The number of likely N-dealkylation sites (N-methyl/N-ethyl adjacent to an activating group) is 1. The van der Waals surface area contributed by atoms with Crippen molar-refractivity contribution in [3.05, 3.63) is 65.1 Å². The fourth-order valence-electron chi connectivity index (χ4n) is 3.76. The first-order valence-corrected chi connectivity index (χ1v) is 11.9. The Balaban J connectivity index is 1.45. The topological polar surface area (TPSA) is 139 Å². The van der Waals surface area contributed by atoms with Gasteiger partial charge >= 0.3 is 0 Å². The Morgan fingerprint density at radius 3 is 2.82 bits per heavy atom. The van der Waals surface area contributed by atoms with E-state index >= 15 is 0 Å². The summed E-state index contributed by atoms with van der Waals surface area (Å²) in [6.07, 6.45) is 4.99. The minimum Gasteiger partial charge on any atom is -0.790 e. The summed E-state index contributed by atoms with van der Waals surface area (Å²) in [5.74, 6) is 0.318. The van der Waals surface area contributed by atoms with E-state index in [0.29, 0.717) is 29.9 Å². The fourth-order valence-corrected chi connectivity index (χ4v) is 4.02. The van der Waals surface area contributed by atoms with Crippen LogP contribution in [0.5, 0.6) is 0 Å². The van der Waals surface area contributed by atoms with E-state index in [-0.39, 0.29) is 18.1 Å². The number of phosphoric ester groups is 1. The van der Waals surface area contributed by atoms with Crippen molar-refractivity contribution in [3.8, 4) is 0 Å². The maximum atomic E-state index is 12.6. The van der Waals surface area contributed by atoms with Crippen molar-refractivity contribution in [1.82, 2.24) is 9.88 Å². The summed E-state index contributed by atoms with van der Waals surface area (Å²) in [5, 5.41) is 1.01. The average Bonchev–Trinajstić information content (AvgIpc) is 3.11. The molecule has 0 unspecified atom stereocenters. The van der Waals surface area contributed by atoms with Crippen LogP contribution in [0.15, 0.2) is 47.0 Å². The molecule has 3 aromatic rings. The lowest BCUT2D eigenvalue weighted by atomic mass is 10.0. The van der Waals surface area contributed by atoms with Crippen LogP contribution in [0.2, 0.25) is 0 Å². The molecule has 1 aliphatic rings. The van der Waals surface area contributed by atoms with Crippen LogP contribution in [-0.4, -0.2) is 35.5 Å². The Morgan fingerprint density at radius 2 is 2.09 bits per heavy atom. The lowest BCUT2D eigenvalue weighted by molar-refractivity contribution is -0.341. The van der Waals surface area contributed by atoms with Crippen LogP contribution in [0, 0.1) is 6.92 Å². The van der Waals surface area contributed by atoms with Gasteiger partial charge in [0.1, 0.15) is 23.9 Å². The van der Waals surface area contributed by atoms with E-state index < -0.39 is 20.5 Å². The van der Waals surface area contributed by atoms with Crippen LogP contribution in [0.1, 0.15) is 28.9 Å². The third kappa shape index (κ3) is 5.26. The molecule has 11 heteroatoms. The molecule has 2 aromatic heterocycles. The third-order valence-electron chi connectivity index (χ3n) is 5.59. The zero-order chi connectivity index (χ0) is 24.5. The molecule has 1 aliphatic heterocycles. The maximum Gasteiger partial charge on any atom is 0.246 e. The van der Waals surface area contributed by atoms with Gasteiger partial charge in [-0.15, -0.1) is 0 Å². The number of anilines is 1. The molecule has 178 valence electrons. The van der Waals surface area contributed by atoms with Gasteiger partial charge in [-0.2, -0.15) is 0 Å². The molecule has 0 bridgehead atoms. The lowest BCUT2D eigenvalue weighted by Gasteiger charge is -2.34. The highest BCUT2D eigenvalue weighted by atomic mass is 31.2. The highest BCUT2D eigenvalue weighted by molar-refractivity contribution is 7.43. The van der Waals surface area contributed by atoms with E-state index in [9.17, 15) is 23.9 Å². The monoisotopic (exact) mass is 483 g/mol. The number of hydrogen-bond acceptors (Lipinski definition) is 8. The quantitative estimate of drug-likeness (QED) is 0.367. The number of phosphoric acid groups is 1. The van der Waals surface area contributed by atoms with Crippen molar-refractivity contribution in [2.45, 2.75) is 26.3 Å². The average molecular weight is 483 g/mol. The number of aromatic nitrogens is 1. The SMILES string of the molecule is Cc1c(CN(C)C(=O)/C=C/c2cnc3c(c2)CCC(=O)N3COP(=O)([O-])[O-])oc2ccccc12. The molecule has 0 spiro atoms. The summed E-state index contributed by atoms with van der Waals surface area (Å²) in [6.45, 7) is 1.55. The minimum absolute atomic E-state index is 0.117. The molecule has 1 aromatic carbocycles. The highest BCUT2D eigenvalue weighted by Gasteiger charge is 2.26. The van der Waals surface area contributed by atoms with Gasteiger partial charge in [-0.3, -0.25) is 14.5 Å². The largest absolute Gasteiger partial charge is 0.790 e. The van der Waals surface area contributed by atoms with Crippen LogP contribution in [0.25, 0.3) is 17.0 Å². The number of para-hydroxylation sites is 1. The number of nitrogens with zero attached hydrogens (tertiary/aromatic N) is 3. The zero-order valence-electron chi connectivity index (χ0n) is 18.6. The second kappa shape index (κ2) is 9.52. The summed E-state index contributed by atoms with van der Waals surface area (Å²) < 4.78 is 20.9. The molecular weight excluding hydrogens is 461 g/mol. The molecule has 0 N–H and O–H groups in total. The predicted octanol–water partition coefficient (Wildman–Crippen LogP) is 1.89. The molecule has 4 rings (SSSR count). The highest BCUT2D eigenvalue weighted by Crippen LogP contribution is 2.31. The van der Waals surface area contributed by atoms with Crippen LogP contribution < -0.4 is 14.7 Å². The van der Waals surface area contributed by atoms with E-state index in [1.165, 1.54) is 17.2 Å². The van der Waals surface area contributed by atoms with Gasteiger partial charge in [0.15, 0.2) is 0 Å². The van der Waals surface area contributed by atoms with Gasteiger partial charge in [0.25, 0.3) is 0 Å². The van der Waals surface area contributed by atoms with Crippen LogP contribution >= 0.6 is 7.82 Å². The third-order valence-corrected chi connectivity index (χ3v) is 6.02. The normalized spacial score (nSPS) is 14.1. The Hall–Kier alpha value is -3.30. The zero-order valence-corrected chi connectivity index (χ0v) is 19.5. The van der Waals surface area contributed by atoms with Gasteiger partial charge < -0.3 is 28.2 Å². The molecule has 0 aliphatic carbocycles. The maximum absolute atomic E-state index is 12.6. The van der Waals surface area contributed by atoms with E-state index in [1.807, 2.05) is 31.2 Å². The summed E-state index contributed by atoms with van der Waals surface area (Å²) in [4.78, 5) is 53.1. The van der Waals surface area contributed by atoms with Crippen LogP contribution in [-0.2, 0) is 31.6 Å². The van der Waals surface area contributed by atoms with Gasteiger partial charge in [-0.1, -0.05) is 18.2 Å². The second-order valence-corrected chi connectivity index (χ2v) is 9.11. The van der Waals surface area contributed by atoms with Crippen molar-refractivity contribution in [2.24, 2.45) is 0 Å². The molecule has 0 fully saturated rings. The smallest absolute Gasteiger partial charge is 0.246 e. The number of fused-ring (bicyclic) bond motifs is 2. The Labute approximate surface area is 195 Å². The number of furan rings is 1. The standard InChI is InChI=1S/C23H24N3O7P/c1-15-18-5-3-4-6-19(18)33-20(15)13-25(2)21(27)9-7-16-11-17-8-10-22(28)26(23(17)24-12-16)14-32-34(29,30)31/h3-7,9,11-12H,8,10,13-14H2,1-2H3,(H2,29,30,31)/p-2/b9-7+. The predicted molar refractivity (Wildman–Crippen MR) is 120 cm³/mol. The number of rotatable bonds is 7. The summed E-state index contributed by atoms with van der Waals surface area (Å²) in [7, 11) is -3.55. The molecular formula is C23H22N3O7P-2. The van der Waals surface area contributed by atoms with Gasteiger partial charge in [-0.05, 0) is 42.7 Å². The van der Waals surface area contributed by atoms with E-state index in [1.54, 1.807) is 19.2 Å². The molecule has 34 heavy (non-hydrogen) atoms. The first kappa shape index (κ1) is 23.8. The number of hydrogen-bond donors (Lipinski definition) is 0.